The van der Waals surface area contributed by atoms with E-state index in [0.29, 0.717) is 6.42 Å². The lowest BCUT2D eigenvalue weighted by atomic mass is 9.74. The highest BCUT2D eigenvalue weighted by Crippen LogP contribution is 2.46. The Balaban J connectivity index is 2.33. The predicted octanol–water partition coefficient (Wildman–Crippen LogP) is 2.95. The lowest BCUT2D eigenvalue weighted by Gasteiger charge is -2.32. The van der Waals surface area contributed by atoms with Gasteiger partial charge in [0.05, 0.1) is 0 Å². The fourth-order valence-corrected chi connectivity index (χ4v) is 3.37. The molecule has 1 aliphatic carbocycles. The van der Waals surface area contributed by atoms with E-state index in [9.17, 15) is 4.79 Å². The summed E-state index contributed by atoms with van der Waals surface area (Å²) in [6.45, 7) is 0. The molecule has 0 aromatic heterocycles. The molecule has 0 amide bonds. The molecule has 4 heteroatoms. The van der Waals surface area contributed by atoms with Crippen LogP contribution in [0.2, 0.25) is 5.02 Å². The van der Waals surface area contributed by atoms with Gasteiger partial charge in [0.2, 0.25) is 0 Å². The Bertz CT molecular complexity index is 441. The number of carbonyl (C=O) groups is 1. The van der Waals surface area contributed by atoms with Crippen LogP contribution in [0.3, 0.4) is 0 Å². The largest absolute Gasteiger partial charge is 0.480 e. The van der Waals surface area contributed by atoms with E-state index >= 15 is 0 Å². The highest BCUT2D eigenvalue weighted by Gasteiger charge is 2.39. The van der Waals surface area contributed by atoms with Gasteiger partial charge in [-0.25, -0.2) is 0 Å². The first-order valence-corrected chi connectivity index (χ1v) is 6.66. The van der Waals surface area contributed by atoms with E-state index in [2.05, 4.69) is 0 Å². The highest BCUT2D eigenvalue weighted by atomic mass is 35.5. The normalized spacial score (nSPS) is 19.7. The minimum atomic E-state index is -0.937. The number of hydrogen-bond acceptors (Lipinski definition) is 2. The van der Waals surface area contributed by atoms with Crippen LogP contribution in [0.25, 0.3) is 0 Å². The van der Waals surface area contributed by atoms with E-state index in [1.165, 1.54) is 0 Å². The maximum Gasteiger partial charge on any atom is 0.320 e. The van der Waals surface area contributed by atoms with Crippen LogP contribution in [0.1, 0.15) is 37.7 Å². The van der Waals surface area contributed by atoms with Crippen molar-refractivity contribution < 1.29 is 9.90 Å². The molecule has 1 unspecified atom stereocenters. The van der Waals surface area contributed by atoms with Gasteiger partial charge in [-0.2, -0.15) is 0 Å². The SMILES string of the molecule is NC(CC1(c2ccccc2Cl)CCCC1)C(=O)O. The fraction of sp³-hybridized carbons (Fsp3) is 0.500. The summed E-state index contributed by atoms with van der Waals surface area (Å²) >= 11 is 6.27. The topological polar surface area (TPSA) is 63.3 Å². The van der Waals surface area contributed by atoms with Crippen molar-refractivity contribution in [1.82, 2.24) is 0 Å². The molecule has 1 saturated carbocycles. The Kier molecular flexibility index (Phi) is 3.93. The molecular formula is C14H18ClNO2. The number of carboxylic acids is 1. The minimum absolute atomic E-state index is 0.157. The summed E-state index contributed by atoms with van der Waals surface area (Å²) in [6.07, 6.45) is 4.62. The number of benzene rings is 1. The van der Waals surface area contributed by atoms with Crippen LogP contribution < -0.4 is 5.73 Å². The van der Waals surface area contributed by atoms with Crippen molar-refractivity contribution in [2.45, 2.75) is 43.6 Å². The zero-order valence-corrected chi connectivity index (χ0v) is 11.0. The maximum absolute atomic E-state index is 11.0. The molecule has 1 atom stereocenters. The van der Waals surface area contributed by atoms with E-state index in [1.807, 2.05) is 24.3 Å². The molecule has 1 aliphatic rings. The number of nitrogens with two attached hydrogens (primary N) is 1. The minimum Gasteiger partial charge on any atom is -0.480 e. The molecule has 0 aliphatic heterocycles. The van der Waals surface area contributed by atoms with Gasteiger partial charge in [-0.15, -0.1) is 0 Å². The number of halogens is 1. The van der Waals surface area contributed by atoms with Gasteiger partial charge in [-0.3, -0.25) is 4.79 Å². The van der Waals surface area contributed by atoms with Crippen LogP contribution in [0.15, 0.2) is 24.3 Å². The van der Waals surface area contributed by atoms with Gasteiger partial charge in [-0.05, 0) is 36.3 Å². The predicted molar refractivity (Wildman–Crippen MR) is 71.8 cm³/mol. The van der Waals surface area contributed by atoms with Crippen molar-refractivity contribution in [1.29, 1.82) is 0 Å². The van der Waals surface area contributed by atoms with E-state index < -0.39 is 12.0 Å². The molecule has 1 fully saturated rings. The van der Waals surface area contributed by atoms with Crippen molar-refractivity contribution >= 4 is 17.6 Å². The van der Waals surface area contributed by atoms with Crippen LogP contribution in [0.4, 0.5) is 0 Å². The highest BCUT2D eigenvalue weighted by molar-refractivity contribution is 6.31. The van der Waals surface area contributed by atoms with Gasteiger partial charge in [0.15, 0.2) is 0 Å². The second-order valence-electron chi connectivity index (χ2n) is 5.12. The van der Waals surface area contributed by atoms with Gasteiger partial charge in [-0.1, -0.05) is 42.6 Å². The number of aliphatic carboxylic acids is 1. The van der Waals surface area contributed by atoms with Gasteiger partial charge < -0.3 is 10.8 Å². The van der Waals surface area contributed by atoms with Crippen molar-refractivity contribution in [3.63, 3.8) is 0 Å². The lowest BCUT2D eigenvalue weighted by Crippen LogP contribution is -2.38. The summed E-state index contributed by atoms with van der Waals surface area (Å²) in [6, 6.07) is 6.89. The summed E-state index contributed by atoms with van der Waals surface area (Å²) in [5.41, 5.74) is 6.63. The Morgan fingerprint density at radius 2 is 2.00 bits per heavy atom. The second-order valence-corrected chi connectivity index (χ2v) is 5.52. The molecular weight excluding hydrogens is 250 g/mol. The van der Waals surface area contributed by atoms with Crippen LogP contribution in [0.5, 0.6) is 0 Å². The monoisotopic (exact) mass is 267 g/mol. The first kappa shape index (κ1) is 13.4. The molecule has 98 valence electrons. The first-order chi connectivity index (χ1) is 8.55. The Hall–Kier alpha value is -1.06. The van der Waals surface area contributed by atoms with Crippen LogP contribution in [0, 0.1) is 0 Å². The number of hydrogen-bond donors (Lipinski definition) is 2. The summed E-state index contributed by atoms with van der Waals surface area (Å²) in [4.78, 5) is 11.0. The smallest absolute Gasteiger partial charge is 0.320 e. The van der Waals surface area contributed by atoms with Gasteiger partial charge in [0, 0.05) is 5.02 Å². The zero-order chi connectivity index (χ0) is 13.2. The summed E-state index contributed by atoms with van der Waals surface area (Å²) < 4.78 is 0. The molecule has 0 spiro atoms. The quantitative estimate of drug-likeness (QED) is 0.882. The van der Waals surface area contributed by atoms with Crippen molar-refractivity contribution in [2.24, 2.45) is 5.73 Å². The summed E-state index contributed by atoms with van der Waals surface area (Å²) in [5, 5.41) is 9.73. The van der Waals surface area contributed by atoms with Crippen molar-refractivity contribution in [3.05, 3.63) is 34.9 Å². The molecule has 1 aromatic carbocycles. The Morgan fingerprint density at radius 3 is 2.56 bits per heavy atom. The van der Waals surface area contributed by atoms with Crippen LogP contribution in [-0.4, -0.2) is 17.1 Å². The van der Waals surface area contributed by atoms with Gasteiger partial charge in [0.25, 0.3) is 0 Å². The first-order valence-electron chi connectivity index (χ1n) is 6.28. The lowest BCUT2D eigenvalue weighted by molar-refractivity contribution is -0.139. The third kappa shape index (κ3) is 2.52. The average molecular weight is 268 g/mol. The third-order valence-electron chi connectivity index (χ3n) is 3.93. The van der Waals surface area contributed by atoms with E-state index in [4.69, 9.17) is 22.4 Å². The van der Waals surface area contributed by atoms with Crippen molar-refractivity contribution in [3.8, 4) is 0 Å². The summed E-state index contributed by atoms with van der Waals surface area (Å²) in [7, 11) is 0. The molecule has 0 heterocycles. The molecule has 3 N–H and O–H groups in total. The van der Waals surface area contributed by atoms with Crippen LogP contribution in [-0.2, 0) is 10.2 Å². The summed E-state index contributed by atoms with van der Waals surface area (Å²) in [5.74, 6) is -0.937. The standard InChI is InChI=1S/C14H18ClNO2/c15-11-6-2-1-5-10(11)14(7-3-4-8-14)9-12(16)13(17)18/h1-2,5-6,12H,3-4,7-9,16H2,(H,17,18). The average Bonchev–Trinajstić information content (AvgIpc) is 2.79. The number of rotatable bonds is 4. The molecule has 2 rings (SSSR count). The fourth-order valence-electron chi connectivity index (χ4n) is 3.03. The third-order valence-corrected chi connectivity index (χ3v) is 4.26. The molecule has 0 bridgehead atoms. The van der Waals surface area contributed by atoms with Gasteiger partial charge in [0.1, 0.15) is 6.04 Å². The van der Waals surface area contributed by atoms with E-state index in [0.717, 1.165) is 36.3 Å². The van der Waals surface area contributed by atoms with Gasteiger partial charge >= 0.3 is 5.97 Å². The molecule has 18 heavy (non-hydrogen) atoms. The number of carboxylic acid groups (broad SMARTS) is 1. The van der Waals surface area contributed by atoms with E-state index in [-0.39, 0.29) is 5.41 Å². The van der Waals surface area contributed by atoms with E-state index in [1.54, 1.807) is 0 Å². The molecule has 0 radical (unpaired) electrons. The van der Waals surface area contributed by atoms with Crippen LogP contribution >= 0.6 is 11.6 Å². The molecule has 0 saturated heterocycles. The van der Waals surface area contributed by atoms with Crippen molar-refractivity contribution in [2.75, 3.05) is 0 Å². The zero-order valence-electron chi connectivity index (χ0n) is 10.2. The molecule has 3 nitrogen and oxygen atoms in total. The second kappa shape index (κ2) is 5.29. The Labute approximate surface area is 112 Å². The molecule has 1 aromatic rings. The maximum atomic E-state index is 11.0. The Morgan fingerprint density at radius 1 is 1.39 bits per heavy atom.